The highest BCUT2D eigenvalue weighted by Crippen LogP contribution is 2.43. The van der Waals surface area contributed by atoms with Crippen molar-refractivity contribution in [3.63, 3.8) is 0 Å². The van der Waals surface area contributed by atoms with Crippen molar-refractivity contribution in [2.75, 3.05) is 21.3 Å². The van der Waals surface area contributed by atoms with Crippen molar-refractivity contribution in [3.8, 4) is 39.6 Å². The average Bonchev–Trinajstić information content (AvgIpc) is 3.22. The minimum atomic E-state index is -0.487. The molecule has 0 unspecified atom stereocenters. The van der Waals surface area contributed by atoms with E-state index in [1.54, 1.807) is 45.7 Å². The Morgan fingerprint density at radius 3 is 2.33 bits per heavy atom. The average molecular weight is 404 g/mol. The number of aromatic amines is 1. The first-order chi connectivity index (χ1) is 14.6. The van der Waals surface area contributed by atoms with Crippen molar-refractivity contribution >= 4 is 16.9 Å². The van der Waals surface area contributed by atoms with Gasteiger partial charge in [0.25, 0.3) is 0 Å². The van der Waals surface area contributed by atoms with E-state index < -0.39 is 5.91 Å². The molecule has 2 aromatic carbocycles. The molecule has 4 aromatic rings. The molecule has 0 fully saturated rings. The monoisotopic (exact) mass is 404 g/mol. The first-order valence-electron chi connectivity index (χ1n) is 9.11. The summed E-state index contributed by atoms with van der Waals surface area (Å²) >= 11 is 0. The lowest BCUT2D eigenvalue weighted by Crippen LogP contribution is -2.10. The number of pyridine rings is 1. The van der Waals surface area contributed by atoms with E-state index in [2.05, 4.69) is 15.2 Å². The largest absolute Gasteiger partial charge is 0.493 e. The van der Waals surface area contributed by atoms with Crippen LogP contribution in [0, 0.1) is 0 Å². The van der Waals surface area contributed by atoms with E-state index in [9.17, 15) is 4.79 Å². The number of aromatic nitrogens is 3. The predicted molar refractivity (Wildman–Crippen MR) is 113 cm³/mol. The molecule has 1 amide bonds. The molecule has 0 saturated heterocycles. The van der Waals surface area contributed by atoms with Crippen LogP contribution in [-0.2, 0) is 0 Å². The van der Waals surface area contributed by atoms with Gasteiger partial charge in [0.05, 0.1) is 32.4 Å². The third kappa shape index (κ3) is 3.18. The highest BCUT2D eigenvalue weighted by Gasteiger charge is 2.19. The number of nitrogens with one attached hydrogen (secondary N) is 1. The van der Waals surface area contributed by atoms with Crippen LogP contribution in [0.5, 0.6) is 17.2 Å². The maximum absolute atomic E-state index is 11.6. The van der Waals surface area contributed by atoms with Gasteiger partial charge in [-0.25, -0.2) is 4.98 Å². The Labute approximate surface area is 172 Å². The number of hydrogen-bond acceptors (Lipinski definition) is 6. The second kappa shape index (κ2) is 7.75. The molecule has 0 aliphatic heterocycles. The third-order valence-electron chi connectivity index (χ3n) is 4.87. The number of hydrogen-bond donors (Lipinski definition) is 2. The molecule has 8 nitrogen and oxygen atoms in total. The molecule has 8 heteroatoms. The first kappa shape index (κ1) is 19.3. The number of nitrogens with zero attached hydrogens (tertiary/aromatic N) is 2. The first-order valence-corrected chi connectivity index (χ1v) is 9.11. The summed E-state index contributed by atoms with van der Waals surface area (Å²) in [5.41, 5.74) is 9.63. The molecular weight excluding hydrogens is 384 g/mol. The summed E-state index contributed by atoms with van der Waals surface area (Å²) in [5, 5.41) is 8.21. The zero-order chi connectivity index (χ0) is 21.3. The van der Waals surface area contributed by atoms with E-state index in [-0.39, 0.29) is 0 Å². The molecule has 0 spiro atoms. The number of benzene rings is 2. The SMILES string of the molecule is COc1cc(-c2[nH]nc3nccc(-c4cccc(C(N)=O)c4)c23)cc(OC)c1OC. The molecule has 0 radical (unpaired) electrons. The van der Waals surface area contributed by atoms with Crippen molar-refractivity contribution in [2.24, 2.45) is 5.73 Å². The lowest BCUT2D eigenvalue weighted by molar-refractivity contribution is 0.100. The minimum absolute atomic E-state index is 0.426. The molecule has 0 saturated carbocycles. The second-order valence-electron chi connectivity index (χ2n) is 6.51. The fourth-order valence-corrected chi connectivity index (χ4v) is 3.46. The summed E-state index contributed by atoms with van der Waals surface area (Å²) < 4.78 is 16.4. The van der Waals surface area contributed by atoms with Crippen LogP contribution < -0.4 is 19.9 Å². The number of primary amides is 1. The summed E-state index contributed by atoms with van der Waals surface area (Å²) in [4.78, 5) is 16.0. The van der Waals surface area contributed by atoms with Gasteiger partial charge in [0.15, 0.2) is 17.1 Å². The maximum atomic E-state index is 11.6. The number of fused-ring (bicyclic) bond motifs is 1. The van der Waals surface area contributed by atoms with Gasteiger partial charge >= 0.3 is 0 Å². The number of methoxy groups -OCH3 is 3. The van der Waals surface area contributed by atoms with E-state index in [0.29, 0.717) is 28.5 Å². The lowest BCUT2D eigenvalue weighted by Gasteiger charge is -2.14. The summed E-state index contributed by atoms with van der Waals surface area (Å²) in [6.07, 6.45) is 1.68. The molecule has 30 heavy (non-hydrogen) atoms. The number of carbonyl (C=O) groups is 1. The van der Waals surface area contributed by atoms with Crippen LogP contribution in [0.3, 0.4) is 0 Å². The Kier molecular flexibility index (Phi) is 4.97. The Balaban J connectivity index is 1.97. The molecule has 4 rings (SSSR count). The van der Waals surface area contributed by atoms with Crippen LogP contribution in [0.25, 0.3) is 33.4 Å². The highest BCUT2D eigenvalue weighted by molar-refractivity contribution is 6.03. The smallest absolute Gasteiger partial charge is 0.248 e. The highest BCUT2D eigenvalue weighted by atomic mass is 16.5. The van der Waals surface area contributed by atoms with Gasteiger partial charge < -0.3 is 19.9 Å². The van der Waals surface area contributed by atoms with Crippen LogP contribution in [-0.4, -0.2) is 42.4 Å². The van der Waals surface area contributed by atoms with Crippen LogP contribution >= 0.6 is 0 Å². The van der Waals surface area contributed by atoms with Crippen molar-refractivity contribution in [1.82, 2.24) is 15.2 Å². The molecule has 0 aliphatic rings. The molecule has 2 aromatic heterocycles. The summed E-state index contributed by atoms with van der Waals surface area (Å²) in [6, 6.07) is 12.7. The normalized spacial score (nSPS) is 10.8. The quantitative estimate of drug-likeness (QED) is 0.509. The summed E-state index contributed by atoms with van der Waals surface area (Å²) in [6.45, 7) is 0. The van der Waals surface area contributed by atoms with Gasteiger partial charge in [0.2, 0.25) is 11.7 Å². The number of carbonyl (C=O) groups excluding carboxylic acids is 1. The van der Waals surface area contributed by atoms with Crippen molar-refractivity contribution in [1.29, 1.82) is 0 Å². The number of rotatable bonds is 6. The fourth-order valence-electron chi connectivity index (χ4n) is 3.46. The van der Waals surface area contributed by atoms with Gasteiger partial charge in [0.1, 0.15) is 0 Å². The van der Waals surface area contributed by atoms with Gasteiger partial charge in [-0.05, 0) is 41.5 Å². The molecule has 0 bridgehead atoms. The number of amides is 1. The van der Waals surface area contributed by atoms with Gasteiger partial charge in [-0.2, -0.15) is 5.10 Å². The van der Waals surface area contributed by atoms with Crippen molar-refractivity contribution in [2.45, 2.75) is 0 Å². The molecule has 2 heterocycles. The van der Waals surface area contributed by atoms with Gasteiger partial charge in [-0.3, -0.25) is 9.89 Å². The van der Waals surface area contributed by atoms with E-state index >= 15 is 0 Å². The zero-order valence-corrected chi connectivity index (χ0v) is 16.7. The van der Waals surface area contributed by atoms with Crippen molar-refractivity contribution in [3.05, 3.63) is 54.2 Å². The third-order valence-corrected chi connectivity index (χ3v) is 4.87. The lowest BCUT2D eigenvalue weighted by atomic mass is 9.98. The van der Waals surface area contributed by atoms with Gasteiger partial charge in [-0.15, -0.1) is 0 Å². The molecular formula is C22H20N4O4. The standard InChI is InChI=1S/C22H20N4O4/c1-28-16-10-14(11-17(29-2)20(16)30-3)19-18-15(7-8-24-22(18)26-25-19)12-5-4-6-13(9-12)21(23)27/h4-11H,1-3H3,(H2,23,27)(H,24,25,26). The number of nitrogens with two attached hydrogens (primary N) is 1. The summed E-state index contributed by atoms with van der Waals surface area (Å²) in [5.74, 6) is 1.06. The van der Waals surface area contributed by atoms with Crippen LogP contribution in [0.2, 0.25) is 0 Å². The molecule has 3 N–H and O–H groups in total. The zero-order valence-electron chi connectivity index (χ0n) is 16.7. The second-order valence-corrected chi connectivity index (χ2v) is 6.51. The maximum Gasteiger partial charge on any atom is 0.248 e. The Hall–Kier alpha value is -4.07. The number of ether oxygens (including phenoxy) is 3. The molecule has 0 atom stereocenters. The van der Waals surface area contributed by atoms with Crippen LogP contribution in [0.4, 0.5) is 0 Å². The Morgan fingerprint density at radius 2 is 1.70 bits per heavy atom. The Bertz CT molecular complexity index is 1220. The minimum Gasteiger partial charge on any atom is -0.493 e. The summed E-state index contributed by atoms with van der Waals surface area (Å²) in [7, 11) is 4.68. The molecule has 152 valence electrons. The van der Waals surface area contributed by atoms with E-state index in [1.165, 1.54) is 0 Å². The number of H-pyrrole nitrogens is 1. The fraction of sp³-hybridized carbons (Fsp3) is 0.136. The van der Waals surface area contributed by atoms with E-state index in [1.807, 2.05) is 24.3 Å². The van der Waals surface area contributed by atoms with E-state index in [0.717, 1.165) is 27.8 Å². The molecule has 0 aliphatic carbocycles. The van der Waals surface area contributed by atoms with Gasteiger partial charge in [0, 0.05) is 17.3 Å². The van der Waals surface area contributed by atoms with Crippen LogP contribution in [0.15, 0.2) is 48.7 Å². The van der Waals surface area contributed by atoms with Gasteiger partial charge in [-0.1, -0.05) is 12.1 Å². The topological polar surface area (TPSA) is 112 Å². The van der Waals surface area contributed by atoms with Crippen molar-refractivity contribution < 1.29 is 19.0 Å². The predicted octanol–water partition coefficient (Wildman–Crippen LogP) is 3.42. The van der Waals surface area contributed by atoms with Crippen LogP contribution in [0.1, 0.15) is 10.4 Å². The Morgan fingerprint density at radius 1 is 0.967 bits per heavy atom. The van der Waals surface area contributed by atoms with E-state index in [4.69, 9.17) is 19.9 Å².